The van der Waals surface area contributed by atoms with Crippen molar-refractivity contribution in [2.75, 3.05) is 6.54 Å². The van der Waals surface area contributed by atoms with Crippen LogP contribution in [0.1, 0.15) is 13.8 Å². The third-order valence-electron chi connectivity index (χ3n) is 2.80. The Hall–Kier alpha value is -2.16. The average Bonchev–Trinajstić information content (AvgIpc) is 2.43. The van der Waals surface area contributed by atoms with E-state index in [4.69, 9.17) is 5.53 Å². The summed E-state index contributed by atoms with van der Waals surface area (Å²) in [5.74, 6) is -0.145. The van der Waals surface area contributed by atoms with Crippen molar-refractivity contribution in [2.45, 2.75) is 24.8 Å². The van der Waals surface area contributed by atoms with Crippen molar-refractivity contribution < 1.29 is 13.3 Å². The van der Waals surface area contributed by atoms with E-state index in [-0.39, 0.29) is 12.5 Å². The molecular formula is C11H15N5O4S. The summed E-state index contributed by atoms with van der Waals surface area (Å²) in [7, 11) is -4.09. The Morgan fingerprint density at radius 3 is 2.57 bits per heavy atom. The molecule has 0 fully saturated rings. The first-order valence-corrected chi connectivity index (χ1v) is 7.54. The second-order valence-corrected chi connectivity index (χ2v) is 6.29. The molecule has 1 aromatic rings. The summed E-state index contributed by atoms with van der Waals surface area (Å²) in [4.78, 5) is 12.3. The maximum atomic E-state index is 12.3. The number of nitro groups is 1. The predicted molar refractivity (Wildman–Crippen MR) is 76.1 cm³/mol. The molecular weight excluding hydrogens is 298 g/mol. The van der Waals surface area contributed by atoms with Crippen LogP contribution in [0.3, 0.4) is 0 Å². The van der Waals surface area contributed by atoms with Crippen molar-refractivity contribution in [3.05, 3.63) is 44.8 Å². The second-order valence-electron chi connectivity index (χ2n) is 4.61. The molecule has 9 nitrogen and oxygen atoms in total. The lowest BCUT2D eigenvalue weighted by molar-refractivity contribution is -0.387. The first kappa shape index (κ1) is 16.9. The SMILES string of the molecule is CC(C)[C@H](CN=[N+]=[N-])NS(=O)(=O)c1ccccc1[N+](=O)[O-]. The van der Waals surface area contributed by atoms with Gasteiger partial charge in [0.15, 0.2) is 4.90 Å². The highest BCUT2D eigenvalue weighted by Crippen LogP contribution is 2.23. The van der Waals surface area contributed by atoms with Crippen molar-refractivity contribution in [3.8, 4) is 0 Å². The average molecular weight is 313 g/mol. The fourth-order valence-corrected chi connectivity index (χ4v) is 3.15. The van der Waals surface area contributed by atoms with Gasteiger partial charge < -0.3 is 0 Å². The molecule has 0 unspecified atom stereocenters. The first-order chi connectivity index (χ1) is 9.79. The van der Waals surface area contributed by atoms with E-state index in [1.807, 2.05) is 0 Å². The Balaban J connectivity index is 3.16. The molecule has 1 atom stereocenters. The molecule has 0 aromatic heterocycles. The van der Waals surface area contributed by atoms with Gasteiger partial charge in [0.25, 0.3) is 5.69 Å². The molecule has 0 saturated carbocycles. The van der Waals surface area contributed by atoms with Crippen molar-refractivity contribution in [1.29, 1.82) is 0 Å². The Kier molecular flexibility index (Phi) is 5.65. The molecule has 0 aliphatic rings. The summed E-state index contributed by atoms with van der Waals surface area (Å²) in [5, 5.41) is 14.3. The number of nitrogens with one attached hydrogen (secondary N) is 1. The molecule has 0 amide bonds. The minimum atomic E-state index is -4.09. The van der Waals surface area contributed by atoms with Crippen LogP contribution in [0.25, 0.3) is 10.4 Å². The number of hydrogen-bond donors (Lipinski definition) is 1. The fourth-order valence-electron chi connectivity index (χ4n) is 1.61. The normalized spacial score (nSPS) is 12.7. The molecule has 0 heterocycles. The molecule has 1 rings (SSSR count). The summed E-state index contributed by atoms with van der Waals surface area (Å²) < 4.78 is 26.9. The third-order valence-corrected chi connectivity index (χ3v) is 4.34. The largest absolute Gasteiger partial charge is 0.289 e. The van der Waals surface area contributed by atoms with E-state index in [9.17, 15) is 18.5 Å². The number of nitrogens with zero attached hydrogens (tertiary/aromatic N) is 4. The van der Waals surface area contributed by atoms with Crippen LogP contribution < -0.4 is 4.72 Å². The molecule has 114 valence electrons. The number of para-hydroxylation sites is 1. The van der Waals surface area contributed by atoms with Crippen molar-refractivity contribution in [2.24, 2.45) is 11.0 Å². The van der Waals surface area contributed by atoms with E-state index >= 15 is 0 Å². The number of nitro benzene ring substituents is 1. The summed E-state index contributed by atoms with van der Waals surface area (Å²) in [6.07, 6.45) is 0. The minimum absolute atomic E-state index is 0.0754. The van der Waals surface area contributed by atoms with Crippen LogP contribution in [-0.4, -0.2) is 25.9 Å². The molecule has 0 radical (unpaired) electrons. The highest BCUT2D eigenvalue weighted by molar-refractivity contribution is 7.89. The van der Waals surface area contributed by atoms with Gasteiger partial charge in [-0.15, -0.1) is 0 Å². The number of sulfonamides is 1. The molecule has 0 saturated heterocycles. The van der Waals surface area contributed by atoms with Gasteiger partial charge in [0.05, 0.1) is 4.92 Å². The van der Waals surface area contributed by atoms with E-state index in [2.05, 4.69) is 14.7 Å². The van der Waals surface area contributed by atoms with Crippen LogP contribution in [0.15, 0.2) is 34.3 Å². The van der Waals surface area contributed by atoms with Gasteiger partial charge in [-0.3, -0.25) is 10.1 Å². The van der Waals surface area contributed by atoms with Gasteiger partial charge >= 0.3 is 0 Å². The van der Waals surface area contributed by atoms with E-state index in [0.717, 1.165) is 12.1 Å². The van der Waals surface area contributed by atoms with Crippen LogP contribution in [0, 0.1) is 16.0 Å². The van der Waals surface area contributed by atoms with E-state index < -0.39 is 31.6 Å². The zero-order valence-electron chi connectivity index (χ0n) is 11.5. The van der Waals surface area contributed by atoms with E-state index in [1.54, 1.807) is 13.8 Å². The van der Waals surface area contributed by atoms with E-state index in [0.29, 0.717) is 0 Å². The molecule has 0 aliphatic carbocycles. The van der Waals surface area contributed by atoms with Gasteiger partial charge in [0, 0.05) is 23.6 Å². The van der Waals surface area contributed by atoms with Crippen LogP contribution in [-0.2, 0) is 10.0 Å². The number of hydrogen-bond acceptors (Lipinski definition) is 5. The lowest BCUT2D eigenvalue weighted by atomic mass is 10.1. The number of rotatable bonds is 7. The summed E-state index contributed by atoms with van der Waals surface area (Å²) in [6.45, 7) is 3.42. The first-order valence-electron chi connectivity index (χ1n) is 6.06. The monoisotopic (exact) mass is 313 g/mol. The maximum Gasteiger partial charge on any atom is 0.289 e. The highest BCUT2D eigenvalue weighted by Gasteiger charge is 2.28. The van der Waals surface area contributed by atoms with Gasteiger partial charge in [-0.05, 0) is 17.5 Å². The van der Waals surface area contributed by atoms with Crippen LogP contribution >= 0.6 is 0 Å². The minimum Gasteiger partial charge on any atom is -0.258 e. The number of azide groups is 1. The highest BCUT2D eigenvalue weighted by atomic mass is 32.2. The number of benzene rings is 1. The Morgan fingerprint density at radius 2 is 2.05 bits per heavy atom. The molecule has 0 spiro atoms. The van der Waals surface area contributed by atoms with Crippen molar-refractivity contribution >= 4 is 15.7 Å². The van der Waals surface area contributed by atoms with Gasteiger partial charge in [0.2, 0.25) is 10.0 Å². The standard InChI is InChI=1S/C11H15N5O4S/c1-8(2)9(7-13-15-12)14-21(19,20)11-6-4-3-5-10(11)16(17)18/h3-6,8-9,14H,7H2,1-2H3/t9-/m0/s1. The van der Waals surface area contributed by atoms with Crippen LogP contribution in [0.2, 0.25) is 0 Å². The second kappa shape index (κ2) is 7.02. The lowest BCUT2D eigenvalue weighted by Crippen LogP contribution is -2.40. The zero-order valence-corrected chi connectivity index (χ0v) is 12.3. The van der Waals surface area contributed by atoms with Gasteiger partial charge in [-0.2, -0.15) is 0 Å². The maximum absolute atomic E-state index is 12.3. The van der Waals surface area contributed by atoms with Gasteiger partial charge in [-0.1, -0.05) is 31.1 Å². The van der Waals surface area contributed by atoms with Crippen molar-refractivity contribution in [3.63, 3.8) is 0 Å². The Morgan fingerprint density at radius 1 is 1.43 bits per heavy atom. The summed E-state index contributed by atoms with van der Waals surface area (Å²) in [5.41, 5.74) is 7.82. The van der Waals surface area contributed by atoms with Crippen LogP contribution in [0.4, 0.5) is 5.69 Å². The quantitative estimate of drug-likeness (QED) is 0.271. The molecule has 0 aliphatic heterocycles. The molecule has 0 bridgehead atoms. The van der Waals surface area contributed by atoms with Crippen LogP contribution in [0.5, 0.6) is 0 Å². The fraction of sp³-hybridized carbons (Fsp3) is 0.455. The topological polar surface area (TPSA) is 138 Å². The summed E-state index contributed by atoms with van der Waals surface area (Å²) >= 11 is 0. The molecule has 21 heavy (non-hydrogen) atoms. The zero-order chi connectivity index (χ0) is 16.0. The van der Waals surface area contributed by atoms with Gasteiger partial charge in [0.1, 0.15) is 0 Å². The van der Waals surface area contributed by atoms with Gasteiger partial charge in [-0.25, -0.2) is 13.1 Å². The molecule has 1 aromatic carbocycles. The Bertz CT molecular complexity index is 667. The molecule has 1 N–H and O–H groups in total. The smallest absolute Gasteiger partial charge is 0.258 e. The molecule has 10 heteroatoms. The Labute approximate surface area is 121 Å². The lowest BCUT2D eigenvalue weighted by Gasteiger charge is -2.20. The summed E-state index contributed by atoms with van der Waals surface area (Å²) in [6, 6.07) is 4.42. The third kappa shape index (κ3) is 4.42. The predicted octanol–water partition coefficient (Wildman–Crippen LogP) is 2.21. The van der Waals surface area contributed by atoms with Crippen molar-refractivity contribution in [1.82, 2.24) is 4.72 Å². The van der Waals surface area contributed by atoms with E-state index in [1.165, 1.54) is 12.1 Å².